The first-order chi connectivity index (χ1) is 6.70. The quantitative estimate of drug-likeness (QED) is 0.649. The van der Waals surface area contributed by atoms with E-state index in [1.807, 2.05) is 37.3 Å². The van der Waals surface area contributed by atoms with Crippen LogP contribution in [0, 0.1) is 17.8 Å². The molecule has 0 amide bonds. The second-order valence-corrected chi connectivity index (χ2v) is 3.38. The van der Waals surface area contributed by atoms with Gasteiger partial charge < -0.3 is 0 Å². The molecular weight excluding hydrogens is 172 g/mol. The minimum absolute atomic E-state index is 0.0474. The van der Waals surface area contributed by atoms with Crippen molar-refractivity contribution < 1.29 is 4.79 Å². The zero-order chi connectivity index (χ0) is 10.4. The molecular formula is C13H14O. The van der Waals surface area contributed by atoms with E-state index in [1.54, 1.807) is 6.92 Å². The zero-order valence-corrected chi connectivity index (χ0v) is 8.58. The maximum absolute atomic E-state index is 10.9. The standard InChI is InChI=1S/C13H14O/c1-11(12(2)14)7-6-10-13-8-4-3-5-9-13/h3-5,8-9,11H,7H2,1-2H3. The summed E-state index contributed by atoms with van der Waals surface area (Å²) in [5.74, 6) is 6.29. The van der Waals surface area contributed by atoms with Gasteiger partial charge in [0.2, 0.25) is 0 Å². The van der Waals surface area contributed by atoms with Crippen LogP contribution in [0.2, 0.25) is 0 Å². The van der Waals surface area contributed by atoms with E-state index in [4.69, 9.17) is 0 Å². The number of carbonyl (C=O) groups is 1. The Morgan fingerprint density at radius 1 is 1.36 bits per heavy atom. The number of hydrogen-bond donors (Lipinski definition) is 0. The molecule has 0 aliphatic carbocycles. The first-order valence-electron chi connectivity index (χ1n) is 4.74. The van der Waals surface area contributed by atoms with Gasteiger partial charge in [0.05, 0.1) is 0 Å². The number of carbonyl (C=O) groups excluding carboxylic acids is 1. The largest absolute Gasteiger partial charge is 0.300 e. The summed E-state index contributed by atoms with van der Waals surface area (Å²) in [4.78, 5) is 10.9. The second kappa shape index (κ2) is 5.24. The molecule has 0 aromatic heterocycles. The molecule has 1 atom stereocenters. The van der Waals surface area contributed by atoms with Crippen molar-refractivity contribution in [2.75, 3.05) is 0 Å². The van der Waals surface area contributed by atoms with Crippen molar-refractivity contribution in [2.45, 2.75) is 20.3 Å². The van der Waals surface area contributed by atoms with Gasteiger partial charge >= 0.3 is 0 Å². The fourth-order valence-corrected chi connectivity index (χ4v) is 0.971. The van der Waals surface area contributed by atoms with Crippen molar-refractivity contribution in [1.82, 2.24) is 0 Å². The molecule has 72 valence electrons. The van der Waals surface area contributed by atoms with Crippen molar-refractivity contribution in [3.05, 3.63) is 35.9 Å². The van der Waals surface area contributed by atoms with Crippen LogP contribution in [0.25, 0.3) is 0 Å². The van der Waals surface area contributed by atoms with Gasteiger partial charge in [0.15, 0.2) is 0 Å². The summed E-state index contributed by atoms with van der Waals surface area (Å²) < 4.78 is 0. The molecule has 0 radical (unpaired) electrons. The number of rotatable bonds is 2. The minimum Gasteiger partial charge on any atom is -0.300 e. The number of benzene rings is 1. The van der Waals surface area contributed by atoms with Gasteiger partial charge in [0.25, 0.3) is 0 Å². The Morgan fingerprint density at radius 2 is 2.00 bits per heavy atom. The Kier molecular flexibility index (Phi) is 3.94. The van der Waals surface area contributed by atoms with E-state index in [2.05, 4.69) is 11.8 Å². The number of Topliss-reactive ketones (excluding diaryl/α,β-unsaturated/α-hetero) is 1. The molecule has 1 nitrogen and oxygen atoms in total. The molecule has 1 heteroatoms. The fourth-order valence-electron chi connectivity index (χ4n) is 0.971. The Labute approximate surface area is 85.1 Å². The predicted octanol–water partition coefficient (Wildman–Crippen LogP) is 2.65. The Hall–Kier alpha value is -1.55. The smallest absolute Gasteiger partial charge is 0.133 e. The van der Waals surface area contributed by atoms with Gasteiger partial charge in [-0.1, -0.05) is 37.0 Å². The zero-order valence-electron chi connectivity index (χ0n) is 8.58. The van der Waals surface area contributed by atoms with Crippen LogP contribution in [0.1, 0.15) is 25.8 Å². The second-order valence-electron chi connectivity index (χ2n) is 3.38. The van der Waals surface area contributed by atoms with Crippen LogP contribution in [0.4, 0.5) is 0 Å². The summed E-state index contributed by atoms with van der Waals surface area (Å²) in [6, 6.07) is 9.80. The lowest BCUT2D eigenvalue weighted by Crippen LogP contribution is -2.04. The maximum Gasteiger partial charge on any atom is 0.133 e. The van der Waals surface area contributed by atoms with E-state index in [-0.39, 0.29) is 11.7 Å². The molecule has 0 bridgehead atoms. The van der Waals surface area contributed by atoms with Crippen molar-refractivity contribution >= 4 is 5.78 Å². The third-order valence-corrected chi connectivity index (χ3v) is 2.11. The molecule has 1 aromatic rings. The van der Waals surface area contributed by atoms with E-state index >= 15 is 0 Å². The molecule has 0 aliphatic rings. The predicted molar refractivity (Wildman–Crippen MR) is 57.8 cm³/mol. The van der Waals surface area contributed by atoms with Crippen LogP contribution >= 0.6 is 0 Å². The SMILES string of the molecule is CC(=O)C(C)CC#Cc1ccccc1. The maximum atomic E-state index is 10.9. The van der Waals surface area contributed by atoms with E-state index in [0.29, 0.717) is 6.42 Å². The van der Waals surface area contributed by atoms with Gasteiger partial charge in [-0.15, -0.1) is 0 Å². The molecule has 0 aliphatic heterocycles. The van der Waals surface area contributed by atoms with E-state index in [1.165, 1.54) is 0 Å². The summed E-state index contributed by atoms with van der Waals surface area (Å²) in [7, 11) is 0. The van der Waals surface area contributed by atoms with Crippen LogP contribution in [-0.2, 0) is 4.79 Å². The third-order valence-electron chi connectivity index (χ3n) is 2.11. The molecule has 14 heavy (non-hydrogen) atoms. The Bertz CT molecular complexity index is 354. The topological polar surface area (TPSA) is 17.1 Å². The molecule has 0 spiro atoms. The van der Waals surface area contributed by atoms with E-state index in [0.717, 1.165) is 5.56 Å². The summed E-state index contributed by atoms with van der Waals surface area (Å²) in [5.41, 5.74) is 1.00. The highest BCUT2D eigenvalue weighted by Crippen LogP contribution is 2.02. The van der Waals surface area contributed by atoms with Crippen molar-refractivity contribution in [3.8, 4) is 11.8 Å². The van der Waals surface area contributed by atoms with Gasteiger partial charge in [-0.2, -0.15) is 0 Å². The lowest BCUT2D eigenvalue weighted by molar-refractivity contribution is -0.120. The molecule has 1 unspecified atom stereocenters. The van der Waals surface area contributed by atoms with Crippen LogP contribution in [-0.4, -0.2) is 5.78 Å². The van der Waals surface area contributed by atoms with Crippen molar-refractivity contribution in [2.24, 2.45) is 5.92 Å². The Morgan fingerprint density at radius 3 is 2.57 bits per heavy atom. The average Bonchev–Trinajstić information content (AvgIpc) is 2.19. The van der Waals surface area contributed by atoms with Gasteiger partial charge in [-0.05, 0) is 19.1 Å². The summed E-state index contributed by atoms with van der Waals surface area (Å²) in [6.45, 7) is 3.51. The van der Waals surface area contributed by atoms with E-state index < -0.39 is 0 Å². The van der Waals surface area contributed by atoms with Crippen LogP contribution in [0.5, 0.6) is 0 Å². The monoisotopic (exact) mass is 186 g/mol. The molecule has 1 rings (SSSR count). The summed E-state index contributed by atoms with van der Waals surface area (Å²) in [6.07, 6.45) is 0.643. The van der Waals surface area contributed by atoms with Crippen LogP contribution in [0.3, 0.4) is 0 Å². The highest BCUT2D eigenvalue weighted by Gasteiger charge is 2.03. The number of hydrogen-bond acceptors (Lipinski definition) is 1. The normalized spacial score (nSPS) is 11.3. The number of ketones is 1. The minimum atomic E-state index is 0.0474. The molecule has 1 aromatic carbocycles. The lowest BCUT2D eigenvalue weighted by atomic mass is 10.0. The van der Waals surface area contributed by atoms with Crippen molar-refractivity contribution in [3.63, 3.8) is 0 Å². The first-order valence-corrected chi connectivity index (χ1v) is 4.74. The highest BCUT2D eigenvalue weighted by atomic mass is 16.1. The molecule has 0 N–H and O–H groups in total. The third kappa shape index (κ3) is 3.45. The lowest BCUT2D eigenvalue weighted by Gasteiger charge is -1.99. The highest BCUT2D eigenvalue weighted by molar-refractivity contribution is 5.78. The molecule has 0 saturated carbocycles. The fraction of sp³-hybridized carbons (Fsp3) is 0.308. The van der Waals surface area contributed by atoms with Crippen LogP contribution < -0.4 is 0 Å². The molecule has 0 saturated heterocycles. The molecule has 0 heterocycles. The van der Waals surface area contributed by atoms with Crippen molar-refractivity contribution in [1.29, 1.82) is 0 Å². The summed E-state index contributed by atoms with van der Waals surface area (Å²) >= 11 is 0. The average molecular weight is 186 g/mol. The van der Waals surface area contributed by atoms with Gasteiger partial charge in [0.1, 0.15) is 5.78 Å². The first kappa shape index (κ1) is 10.5. The van der Waals surface area contributed by atoms with Gasteiger partial charge in [-0.25, -0.2) is 0 Å². The van der Waals surface area contributed by atoms with Gasteiger partial charge in [0, 0.05) is 17.9 Å². The van der Waals surface area contributed by atoms with Gasteiger partial charge in [-0.3, -0.25) is 4.79 Å². The van der Waals surface area contributed by atoms with Crippen LogP contribution in [0.15, 0.2) is 30.3 Å². The molecule has 0 fully saturated rings. The van der Waals surface area contributed by atoms with E-state index in [9.17, 15) is 4.79 Å². The summed E-state index contributed by atoms with van der Waals surface area (Å²) in [5, 5.41) is 0. The Balaban J connectivity index is 2.53.